The summed E-state index contributed by atoms with van der Waals surface area (Å²) in [6.07, 6.45) is 2.81. The second kappa shape index (κ2) is 5.68. The number of nitrogens with two attached hydrogens (primary N) is 1. The van der Waals surface area contributed by atoms with Crippen LogP contribution in [0.1, 0.15) is 29.6 Å². The van der Waals surface area contributed by atoms with Crippen molar-refractivity contribution < 1.29 is 18.3 Å². The van der Waals surface area contributed by atoms with Crippen molar-refractivity contribution in [3.63, 3.8) is 0 Å². The predicted molar refractivity (Wildman–Crippen MR) is 96.2 cm³/mol. The summed E-state index contributed by atoms with van der Waals surface area (Å²) in [5, 5.41) is 9.43. The normalized spacial score (nSPS) is 20.8. The van der Waals surface area contributed by atoms with Gasteiger partial charge < -0.3 is 20.8 Å². The molecular formula is C17H17N3O5S. The SMILES string of the molecule is NC1CCC(S(=O)(=O)c2ccc3[nH]c(=O)c4[nH]cc(C(=O)O)c4c3c2)C1. The highest BCUT2D eigenvalue weighted by atomic mass is 32.2. The smallest absolute Gasteiger partial charge is 0.337 e. The number of H-pyrrole nitrogens is 2. The van der Waals surface area contributed by atoms with Crippen LogP contribution in [0.4, 0.5) is 0 Å². The molecule has 1 fully saturated rings. The number of fused-ring (bicyclic) bond motifs is 3. The van der Waals surface area contributed by atoms with Crippen LogP contribution in [0.5, 0.6) is 0 Å². The Morgan fingerprint density at radius 2 is 2.04 bits per heavy atom. The van der Waals surface area contributed by atoms with Crippen molar-refractivity contribution in [3.05, 3.63) is 40.3 Å². The quantitative estimate of drug-likeness (QED) is 0.544. The number of hydrogen-bond acceptors (Lipinski definition) is 5. The molecular weight excluding hydrogens is 358 g/mol. The van der Waals surface area contributed by atoms with Gasteiger partial charge >= 0.3 is 5.97 Å². The number of sulfone groups is 1. The van der Waals surface area contributed by atoms with E-state index in [9.17, 15) is 23.1 Å². The van der Waals surface area contributed by atoms with Crippen molar-refractivity contribution in [2.24, 2.45) is 5.73 Å². The number of carbonyl (C=O) groups is 1. The molecule has 1 aromatic carbocycles. The molecule has 3 aromatic rings. The molecule has 136 valence electrons. The first-order chi connectivity index (χ1) is 12.3. The Morgan fingerprint density at radius 3 is 2.69 bits per heavy atom. The lowest BCUT2D eigenvalue weighted by molar-refractivity contribution is 0.0699. The van der Waals surface area contributed by atoms with Gasteiger partial charge in [-0.3, -0.25) is 4.79 Å². The summed E-state index contributed by atoms with van der Waals surface area (Å²) in [5.41, 5.74) is 5.80. The molecule has 2 unspecified atom stereocenters. The van der Waals surface area contributed by atoms with Gasteiger partial charge in [0, 0.05) is 28.5 Å². The fraction of sp³-hybridized carbons (Fsp3) is 0.294. The number of hydrogen-bond donors (Lipinski definition) is 4. The van der Waals surface area contributed by atoms with Crippen LogP contribution in [0.3, 0.4) is 0 Å². The molecule has 9 heteroatoms. The molecule has 2 aromatic heterocycles. The zero-order chi connectivity index (χ0) is 18.6. The Labute approximate surface area is 147 Å². The van der Waals surface area contributed by atoms with Crippen LogP contribution in [0, 0.1) is 0 Å². The standard InChI is InChI=1S/C17H17N3O5S/c18-8-1-2-9(5-8)26(24,25)10-3-4-13-11(6-10)14-12(17(22)23)7-19-15(14)16(21)20-13/h3-4,6-9,19H,1-2,5,18H2,(H,20,21)(H,22,23). The summed E-state index contributed by atoms with van der Waals surface area (Å²) < 4.78 is 25.9. The molecule has 4 rings (SSSR count). The zero-order valence-electron chi connectivity index (χ0n) is 13.7. The molecule has 0 aliphatic heterocycles. The van der Waals surface area contributed by atoms with E-state index in [1.807, 2.05) is 0 Å². The highest BCUT2D eigenvalue weighted by Crippen LogP contribution is 2.32. The van der Waals surface area contributed by atoms with Crippen molar-refractivity contribution in [2.75, 3.05) is 0 Å². The third-order valence-corrected chi connectivity index (χ3v) is 7.26. The monoisotopic (exact) mass is 375 g/mol. The van der Waals surface area contributed by atoms with Crippen LogP contribution < -0.4 is 11.3 Å². The third kappa shape index (κ3) is 2.43. The van der Waals surface area contributed by atoms with Gasteiger partial charge in [-0.05, 0) is 37.5 Å². The first-order valence-corrected chi connectivity index (χ1v) is 9.73. The van der Waals surface area contributed by atoms with Crippen molar-refractivity contribution in [2.45, 2.75) is 35.4 Å². The van der Waals surface area contributed by atoms with Crippen LogP contribution in [-0.2, 0) is 9.84 Å². The van der Waals surface area contributed by atoms with Gasteiger partial charge in [0.1, 0.15) is 5.52 Å². The molecule has 8 nitrogen and oxygen atoms in total. The molecule has 1 saturated carbocycles. The van der Waals surface area contributed by atoms with Crippen LogP contribution in [0.15, 0.2) is 34.1 Å². The van der Waals surface area contributed by atoms with E-state index in [1.165, 1.54) is 24.4 Å². The topological polar surface area (TPSA) is 146 Å². The van der Waals surface area contributed by atoms with Gasteiger partial charge in [-0.1, -0.05) is 0 Å². The van der Waals surface area contributed by atoms with Gasteiger partial charge in [-0.25, -0.2) is 13.2 Å². The van der Waals surface area contributed by atoms with Crippen molar-refractivity contribution >= 4 is 37.6 Å². The number of carboxylic acid groups (broad SMARTS) is 1. The first kappa shape index (κ1) is 16.8. The average molecular weight is 375 g/mol. The summed E-state index contributed by atoms with van der Waals surface area (Å²) in [4.78, 5) is 29.0. The number of rotatable bonds is 3. The Bertz CT molecular complexity index is 1210. The highest BCUT2D eigenvalue weighted by molar-refractivity contribution is 7.92. The Kier molecular flexibility index (Phi) is 3.67. The van der Waals surface area contributed by atoms with Gasteiger partial charge in [-0.15, -0.1) is 0 Å². The molecule has 26 heavy (non-hydrogen) atoms. The second-order valence-electron chi connectivity index (χ2n) is 6.66. The highest BCUT2D eigenvalue weighted by Gasteiger charge is 2.34. The molecule has 1 aliphatic rings. The number of nitrogens with one attached hydrogen (secondary N) is 2. The van der Waals surface area contributed by atoms with Crippen molar-refractivity contribution in [1.29, 1.82) is 0 Å². The van der Waals surface area contributed by atoms with Crippen molar-refractivity contribution in [3.8, 4) is 0 Å². The van der Waals surface area contributed by atoms with E-state index in [2.05, 4.69) is 9.97 Å². The second-order valence-corrected chi connectivity index (χ2v) is 8.89. The van der Waals surface area contributed by atoms with Crippen LogP contribution in [0.25, 0.3) is 21.8 Å². The van der Waals surface area contributed by atoms with Gasteiger partial charge in [0.2, 0.25) is 0 Å². The summed E-state index contributed by atoms with van der Waals surface area (Å²) in [6, 6.07) is 4.25. The molecule has 0 amide bonds. The van der Waals surface area contributed by atoms with Gasteiger partial charge in [0.15, 0.2) is 9.84 Å². The number of benzene rings is 1. The third-order valence-electron chi connectivity index (χ3n) is 5.04. The molecule has 2 heterocycles. The molecule has 0 saturated heterocycles. The Morgan fingerprint density at radius 1 is 1.27 bits per heavy atom. The fourth-order valence-electron chi connectivity index (χ4n) is 3.70. The maximum absolute atomic E-state index is 12.9. The minimum atomic E-state index is -3.59. The molecule has 0 spiro atoms. The van der Waals surface area contributed by atoms with E-state index in [-0.39, 0.29) is 27.4 Å². The van der Waals surface area contributed by atoms with Gasteiger partial charge in [0.05, 0.1) is 15.7 Å². The van der Waals surface area contributed by atoms with E-state index in [4.69, 9.17) is 5.73 Å². The number of pyridine rings is 1. The maximum atomic E-state index is 12.9. The summed E-state index contributed by atoms with van der Waals surface area (Å²) in [7, 11) is -3.59. The lowest BCUT2D eigenvalue weighted by Gasteiger charge is -2.12. The van der Waals surface area contributed by atoms with E-state index in [1.54, 1.807) is 0 Å². The van der Waals surface area contributed by atoms with Crippen LogP contribution in [0.2, 0.25) is 0 Å². The van der Waals surface area contributed by atoms with Crippen LogP contribution in [-0.4, -0.2) is 40.8 Å². The number of carboxylic acids is 1. The molecule has 1 aliphatic carbocycles. The van der Waals surface area contributed by atoms with Gasteiger partial charge in [-0.2, -0.15) is 0 Å². The zero-order valence-corrected chi connectivity index (χ0v) is 14.5. The largest absolute Gasteiger partial charge is 0.478 e. The van der Waals surface area contributed by atoms with E-state index >= 15 is 0 Å². The maximum Gasteiger partial charge on any atom is 0.337 e. The molecule has 0 bridgehead atoms. The summed E-state index contributed by atoms with van der Waals surface area (Å²) in [6.45, 7) is 0. The predicted octanol–water partition coefficient (Wildman–Crippen LogP) is 1.36. The Hall–Kier alpha value is -2.65. The fourth-order valence-corrected chi connectivity index (χ4v) is 5.57. The lowest BCUT2D eigenvalue weighted by Crippen LogP contribution is -2.22. The summed E-state index contributed by atoms with van der Waals surface area (Å²) >= 11 is 0. The molecule has 2 atom stereocenters. The average Bonchev–Trinajstić information content (AvgIpc) is 3.21. The summed E-state index contributed by atoms with van der Waals surface area (Å²) in [5.74, 6) is -1.20. The van der Waals surface area contributed by atoms with Crippen molar-refractivity contribution in [1.82, 2.24) is 9.97 Å². The first-order valence-electron chi connectivity index (χ1n) is 8.19. The number of aromatic nitrogens is 2. The lowest BCUT2D eigenvalue weighted by atomic mass is 10.1. The number of aromatic amines is 2. The van der Waals surface area contributed by atoms with E-state index in [0.717, 1.165) is 0 Å². The van der Waals surface area contributed by atoms with Crippen LogP contribution >= 0.6 is 0 Å². The van der Waals surface area contributed by atoms with Gasteiger partial charge in [0.25, 0.3) is 5.56 Å². The van der Waals surface area contributed by atoms with E-state index in [0.29, 0.717) is 30.2 Å². The minimum Gasteiger partial charge on any atom is -0.478 e. The molecule has 5 N–H and O–H groups in total. The van der Waals surface area contributed by atoms with E-state index < -0.39 is 26.6 Å². The number of aromatic carboxylic acids is 1. The molecule has 0 radical (unpaired) electrons. The Balaban J connectivity index is 1.99. The minimum absolute atomic E-state index is 0.0754.